The van der Waals surface area contributed by atoms with Crippen LogP contribution in [0.15, 0.2) is 40.3 Å². The SMILES string of the molecule is CCc1cc(=O)n2c(n1)SCC2CC(=O)Nc1ccc(OC(F)(F)F)cc1. The molecule has 1 amide bonds. The molecule has 1 atom stereocenters. The molecular weight excluding hydrogens is 383 g/mol. The molecular formula is C17H16F3N3O3S. The van der Waals surface area contributed by atoms with E-state index in [-0.39, 0.29) is 29.7 Å². The Morgan fingerprint density at radius 2 is 2.07 bits per heavy atom. The summed E-state index contributed by atoms with van der Waals surface area (Å²) in [5.41, 5.74) is 0.866. The average Bonchev–Trinajstić information content (AvgIpc) is 2.98. The molecule has 0 saturated carbocycles. The van der Waals surface area contributed by atoms with E-state index in [4.69, 9.17) is 0 Å². The number of benzene rings is 1. The van der Waals surface area contributed by atoms with Crippen LogP contribution < -0.4 is 15.6 Å². The van der Waals surface area contributed by atoms with E-state index in [9.17, 15) is 22.8 Å². The van der Waals surface area contributed by atoms with E-state index in [1.54, 1.807) is 0 Å². The fourth-order valence-corrected chi connectivity index (χ4v) is 3.86. The minimum atomic E-state index is -4.77. The number of rotatable bonds is 5. The van der Waals surface area contributed by atoms with Crippen molar-refractivity contribution in [3.63, 3.8) is 0 Å². The Hall–Kier alpha value is -2.49. The second kappa shape index (κ2) is 7.63. The van der Waals surface area contributed by atoms with Crippen molar-refractivity contribution >= 4 is 23.4 Å². The second-order valence-electron chi connectivity index (χ2n) is 5.88. The highest BCUT2D eigenvalue weighted by Gasteiger charge is 2.31. The molecule has 0 fully saturated rings. The number of hydrogen-bond donors (Lipinski definition) is 1. The first kappa shape index (κ1) is 19.3. The lowest BCUT2D eigenvalue weighted by molar-refractivity contribution is -0.274. The van der Waals surface area contributed by atoms with Crippen LogP contribution in [-0.4, -0.2) is 27.6 Å². The number of nitrogens with zero attached hydrogens (tertiary/aromatic N) is 2. The quantitative estimate of drug-likeness (QED) is 0.781. The maximum Gasteiger partial charge on any atom is 0.573 e. The number of carbonyl (C=O) groups excluding carboxylic acids is 1. The normalized spacial score (nSPS) is 16.1. The lowest BCUT2D eigenvalue weighted by Gasteiger charge is -2.14. The molecule has 1 aromatic carbocycles. The van der Waals surface area contributed by atoms with E-state index in [1.165, 1.54) is 34.5 Å². The number of anilines is 1. The summed E-state index contributed by atoms with van der Waals surface area (Å²) < 4.78 is 41.8. The molecule has 1 N–H and O–H groups in total. The lowest BCUT2D eigenvalue weighted by Crippen LogP contribution is -2.27. The molecule has 0 saturated heterocycles. The van der Waals surface area contributed by atoms with Gasteiger partial charge in [0.05, 0.1) is 6.04 Å². The van der Waals surface area contributed by atoms with Crippen molar-refractivity contribution in [1.29, 1.82) is 0 Å². The Bertz CT molecular complexity index is 897. The van der Waals surface area contributed by atoms with E-state index in [0.29, 0.717) is 28.7 Å². The molecule has 1 aliphatic rings. The minimum absolute atomic E-state index is 0.0634. The fraction of sp³-hybridized carbons (Fsp3) is 0.353. The van der Waals surface area contributed by atoms with E-state index < -0.39 is 6.36 Å². The first-order valence-corrected chi connectivity index (χ1v) is 9.14. The van der Waals surface area contributed by atoms with Gasteiger partial charge in [0.2, 0.25) is 5.91 Å². The van der Waals surface area contributed by atoms with Gasteiger partial charge in [-0.25, -0.2) is 4.98 Å². The molecule has 3 rings (SSSR count). The standard InChI is InChI=1S/C17H16F3N3O3S/c1-2-10-7-15(25)23-12(9-27-16(23)22-10)8-14(24)21-11-3-5-13(6-4-11)26-17(18,19)20/h3-7,12H,2,8-9H2,1H3,(H,21,24). The lowest BCUT2D eigenvalue weighted by atomic mass is 10.2. The van der Waals surface area contributed by atoms with Gasteiger partial charge in [0.1, 0.15) is 5.75 Å². The number of amides is 1. The number of carbonyl (C=O) groups is 1. The summed E-state index contributed by atoms with van der Waals surface area (Å²) in [6.07, 6.45) is -4.05. The monoisotopic (exact) mass is 399 g/mol. The molecule has 1 aliphatic heterocycles. The fourth-order valence-electron chi connectivity index (χ4n) is 2.70. The average molecular weight is 399 g/mol. The zero-order chi connectivity index (χ0) is 19.6. The summed E-state index contributed by atoms with van der Waals surface area (Å²) in [7, 11) is 0. The summed E-state index contributed by atoms with van der Waals surface area (Å²) >= 11 is 1.42. The largest absolute Gasteiger partial charge is 0.573 e. The van der Waals surface area contributed by atoms with Crippen LogP contribution in [0.2, 0.25) is 0 Å². The van der Waals surface area contributed by atoms with Crippen LogP contribution >= 0.6 is 11.8 Å². The van der Waals surface area contributed by atoms with Crippen molar-refractivity contribution in [3.8, 4) is 5.75 Å². The number of fused-ring (bicyclic) bond motifs is 1. The third-order valence-corrected chi connectivity index (χ3v) is 5.00. The van der Waals surface area contributed by atoms with Crippen LogP contribution in [0.1, 0.15) is 25.1 Å². The van der Waals surface area contributed by atoms with Gasteiger partial charge in [-0.05, 0) is 30.7 Å². The van der Waals surface area contributed by atoms with Crippen molar-refractivity contribution < 1.29 is 22.7 Å². The van der Waals surface area contributed by atoms with Crippen molar-refractivity contribution in [2.24, 2.45) is 0 Å². The first-order valence-electron chi connectivity index (χ1n) is 8.16. The molecule has 144 valence electrons. The summed E-state index contributed by atoms with van der Waals surface area (Å²) in [5.74, 6) is -0.156. The molecule has 27 heavy (non-hydrogen) atoms. The molecule has 2 heterocycles. The van der Waals surface area contributed by atoms with Gasteiger partial charge in [-0.2, -0.15) is 0 Å². The molecule has 0 bridgehead atoms. The molecule has 0 spiro atoms. The maximum absolute atomic E-state index is 12.3. The van der Waals surface area contributed by atoms with Crippen LogP contribution in [0.5, 0.6) is 5.75 Å². The smallest absolute Gasteiger partial charge is 0.406 e. The zero-order valence-electron chi connectivity index (χ0n) is 14.2. The molecule has 0 radical (unpaired) electrons. The van der Waals surface area contributed by atoms with Crippen LogP contribution in [0.3, 0.4) is 0 Å². The Morgan fingerprint density at radius 3 is 2.70 bits per heavy atom. The second-order valence-corrected chi connectivity index (χ2v) is 6.87. The number of halogens is 3. The van der Waals surface area contributed by atoms with E-state index in [1.807, 2.05) is 6.92 Å². The van der Waals surface area contributed by atoms with Gasteiger partial charge in [-0.1, -0.05) is 18.7 Å². The van der Waals surface area contributed by atoms with Gasteiger partial charge in [0.15, 0.2) is 5.16 Å². The van der Waals surface area contributed by atoms with Gasteiger partial charge < -0.3 is 10.1 Å². The Morgan fingerprint density at radius 1 is 1.37 bits per heavy atom. The van der Waals surface area contributed by atoms with Crippen molar-refractivity contribution in [1.82, 2.24) is 9.55 Å². The Labute approximate surface area is 156 Å². The number of nitrogens with one attached hydrogen (secondary N) is 1. The van der Waals surface area contributed by atoms with E-state index in [0.717, 1.165) is 12.1 Å². The predicted octanol–water partition coefficient (Wildman–Crippen LogP) is 3.38. The molecule has 10 heteroatoms. The predicted molar refractivity (Wildman–Crippen MR) is 94.0 cm³/mol. The van der Waals surface area contributed by atoms with Crippen LogP contribution in [0.25, 0.3) is 0 Å². The maximum atomic E-state index is 12.3. The number of aromatic nitrogens is 2. The summed E-state index contributed by atoms with van der Waals surface area (Å²) in [5, 5.41) is 3.21. The van der Waals surface area contributed by atoms with Crippen molar-refractivity contribution in [2.45, 2.75) is 37.3 Å². The third-order valence-electron chi connectivity index (χ3n) is 3.90. The van der Waals surface area contributed by atoms with Crippen LogP contribution in [0, 0.1) is 0 Å². The van der Waals surface area contributed by atoms with Gasteiger partial charge in [-0.15, -0.1) is 13.2 Å². The molecule has 2 aromatic rings. The molecule has 0 aliphatic carbocycles. The Balaban J connectivity index is 1.64. The van der Waals surface area contributed by atoms with Gasteiger partial charge in [0.25, 0.3) is 5.56 Å². The number of thioether (sulfide) groups is 1. The number of ether oxygens (including phenoxy) is 1. The highest BCUT2D eigenvalue weighted by atomic mass is 32.2. The van der Waals surface area contributed by atoms with Crippen LogP contribution in [-0.2, 0) is 11.2 Å². The highest BCUT2D eigenvalue weighted by Crippen LogP contribution is 2.32. The summed E-state index contributed by atoms with van der Waals surface area (Å²) in [6.45, 7) is 1.91. The van der Waals surface area contributed by atoms with Crippen LogP contribution in [0.4, 0.5) is 18.9 Å². The zero-order valence-corrected chi connectivity index (χ0v) is 15.1. The molecule has 1 aromatic heterocycles. The van der Waals surface area contributed by atoms with E-state index >= 15 is 0 Å². The molecule has 6 nitrogen and oxygen atoms in total. The van der Waals surface area contributed by atoms with Gasteiger partial charge in [-0.3, -0.25) is 14.2 Å². The highest BCUT2D eigenvalue weighted by molar-refractivity contribution is 7.99. The minimum Gasteiger partial charge on any atom is -0.406 e. The Kier molecular flexibility index (Phi) is 5.45. The van der Waals surface area contributed by atoms with E-state index in [2.05, 4.69) is 15.0 Å². The summed E-state index contributed by atoms with van der Waals surface area (Å²) in [4.78, 5) is 28.9. The molecule has 1 unspecified atom stereocenters. The van der Waals surface area contributed by atoms with Gasteiger partial charge in [0, 0.05) is 29.6 Å². The number of aryl methyl sites for hydroxylation is 1. The number of hydrogen-bond acceptors (Lipinski definition) is 5. The first-order chi connectivity index (χ1) is 12.7. The topological polar surface area (TPSA) is 73.2 Å². The van der Waals surface area contributed by atoms with Gasteiger partial charge >= 0.3 is 6.36 Å². The third kappa shape index (κ3) is 4.82. The summed E-state index contributed by atoms with van der Waals surface area (Å²) in [6, 6.07) is 6.02. The van der Waals surface area contributed by atoms with Crippen molar-refractivity contribution in [2.75, 3.05) is 11.1 Å². The van der Waals surface area contributed by atoms with Crippen molar-refractivity contribution in [3.05, 3.63) is 46.4 Å². The number of alkyl halides is 3.